The number of amides is 1. The van der Waals surface area contributed by atoms with Gasteiger partial charge >= 0.3 is 0 Å². The Bertz CT molecular complexity index is 689. The molecule has 8 nitrogen and oxygen atoms in total. The van der Waals surface area contributed by atoms with Crippen LogP contribution in [0.25, 0.3) is 0 Å². The van der Waals surface area contributed by atoms with Gasteiger partial charge in [-0.05, 0) is 33.2 Å². The lowest BCUT2D eigenvalue weighted by Gasteiger charge is -2.21. The highest BCUT2D eigenvalue weighted by molar-refractivity contribution is 5.78. The van der Waals surface area contributed by atoms with Gasteiger partial charge in [-0.3, -0.25) is 9.69 Å². The maximum absolute atomic E-state index is 12.3. The molecule has 3 heterocycles. The Morgan fingerprint density at radius 2 is 2.17 bits per heavy atom. The summed E-state index contributed by atoms with van der Waals surface area (Å²) >= 11 is 0. The van der Waals surface area contributed by atoms with Crippen molar-refractivity contribution in [1.29, 1.82) is 0 Å². The number of likely N-dealkylation sites (tertiary alicyclic amines) is 1. The van der Waals surface area contributed by atoms with Crippen LogP contribution in [0.5, 0.6) is 0 Å². The highest BCUT2D eigenvalue weighted by Gasteiger charge is 2.31. The van der Waals surface area contributed by atoms with Crippen LogP contribution < -0.4 is 5.32 Å². The number of rotatable bonds is 6. The minimum absolute atomic E-state index is 0.0268. The van der Waals surface area contributed by atoms with Crippen LogP contribution in [0.1, 0.15) is 54.5 Å². The van der Waals surface area contributed by atoms with Gasteiger partial charge < -0.3 is 14.4 Å². The third kappa shape index (κ3) is 3.48. The lowest BCUT2D eigenvalue weighted by Crippen LogP contribution is -2.37. The van der Waals surface area contributed by atoms with E-state index >= 15 is 0 Å². The van der Waals surface area contributed by atoms with E-state index < -0.39 is 0 Å². The quantitative estimate of drug-likeness (QED) is 0.859. The smallest absolute Gasteiger partial charge is 0.234 e. The van der Waals surface area contributed by atoms with Crippen molar-refractivity contribution < 1.29 is 13.8 Å². The number of aryl methyl sites for hydroxylation is 3. The molecule has 0 aliphatic carbocycles. The summed E-state index contributed by atoms with van der Waals surface area (Å²) in [6.45, 7) is 7.31. The maximum atomic E-state index is 12.3. The number of hydrogen-bond acceptors (Lipinski definition) is 7. The lowest BCUT2D eigenvalue weighted by atomic mass is 10.2. The molecule has 1 aliphatic heterocycles. The standard InChI is InChI=1S/C16H23N5O3/c1-4-15-18-16(20-24-15)13-6-5-7-21(13)9-14(22)17-8-12-10(2)19-23-11(12)3/h13H,4-9H2,1-3H3,(H,17,22). The zero-order chi connectivity index (χ0) is 17.1. The first-order valence-corrected chi connectivity index (χ1v) is 8.33. The summed E-state index contributed by atoms with van der Waals surface area (Å²) in [7, 11) is 0. The molecule has 130 valence electrons. The average Bonchev–Trinajstić information content (AvgIpc) is 3.27. The molecule has 0 spiro atoms. The monoisotopic (exact) mass is 333 g/mol. The Morgan fingerprint density at radius 1 is 1.33 bits per heavy atom. The molecule has 1 N–H and O–H groups in total. The van der Waals surface area contributed by atoms with E-state index in [1.54, 1.807) is 0 Å². The normalized spacial score (nSPS) is 18.2. The Balaban J connectivity index is 1.57. The third-order valence-corrected chi connectivity index (χ3v) is 4.44. The van der Waals surface area contributed by atoms with Crippen LogP contribution in [0.15, 0.2) is 9.05 Å². The molecule has 1 unspecified atom stereocenters. The van der Waals surface area contributed by atoms with Gasteiger partial charge in [0.25, 0.3) is 0 Å². The van der Waals surface area contributed by atoms with E-state index in [0.717, 1.165) is 42.8 Å². The van der Waals surface area contributed by atoms with Crippen LogP contribution in [0.2, 0.25) is 0 Å². The van der Waals surface area contributed by atoms with Crippen molar-refractivity contribution in [2.75, 3.05) is 13.1 Å². The minimum atomic E-state index is -0.0268. The van der Waals surface area contributed by atoms with E-state index in [9.17, 15) is 4.79 Å². The van der Waals surface area contributed by atoms with Gasteiger partial charge in [0.2, 0.25) is 11.8 Å². The van der Waals surface area contributed by atoms with Crippen molar-refractivity contribution in [2.24, 2.45) is 0 Å². The fourth-order valence-electron chi connectivity index (χ4n) is 3.04. The van der Waals surface area contributed by atoms with E-state index in [4.69, 9.17) is 9.05 Å². The van der Waals surface area contributed by atoms with Gasteiger partial charge in [0.1, 0.15) is 5.76 Å². The van der Waals surface area contributed by atoms with Crippen molar-refractivity contribution in [3.8, 4) is 0 Å². The summed E-state index contributed by atoms with van der Waals surface area (Å²) in [5, 5.41) is 10.9. The molecule has 8 heteroatoms. The van der Waals surface area contributed by atoms with E-state index in [1.807, 2.05) is 20.8 Å². The zero-order valence-corrected chi connectivity index (χ0v) is 14.3. The second-order valence-electron chi connectivity index (χ2n) is 6.11. The fraction of sp³-hybridized carbons (Fsp3) is 0.625. The zero-order valence-electron chi connectivity index (χ0n) is 14.3. The van der Waals surface area contributed by atoms with E-state index in [0.29, 0.717) is 24.8 Å². The predicted molar refractivity (Wildman–Crippen MR) is 85.0 cm³/mol. The van der Waals surface area contributed by atoms with Gasteiger partial charge in [0, 0.05) is 18.5 Å². The van der Waals surface area contributed by atoms with Crippen LogP contribution in [-0.2, 0) is 17.8 Å². The Kier molecular flexibility index (Phi) is 4.94. The maximum Gasteiger partial charge on any atom is 0.234 e. The van der Waals surface area contributed by atoms with Gasteiger partial charge in [-0.15, -0.1) is 0 Å². The van der Waals surface area contributed by atoms with E-state index in [2.05, 4.69) is 25.5 Å². The van der Waals surface area contributed by atoms with Crippen LogP contribution in [0.4, 0.5) is 0 Å². The number of nitrogens with zero attached hydrogens (tertiary/aromatic N) is 4. The van der Waals surface area contributed by atoms with Gasteiger partial charge in [-0.2, -0.15) is 4.98 Å². The van der Waals surface area contributed by atoms with Gasteiger partial charge in [-0.25, -0.2) is 0 Å². The number of hydrogen-bond donors (Lipinski definition) is 1. The molecule has 2 aromatic heterocycles. The van der Waals surface area contributed by atoms with Gasteiger partial charge in [0.05, 0.1) is 18.3 Å². The summed E-state index contributed by atoms with van der Waals surface area (Å²) in [6.07, 6.45) is 2.69. The van der Waals surface area contributed by atoms with Crippen molar-refractivity contribution in [3.05, 3.63) is 28.7 Å². The minimum Gasteiger partial charge on any atom is -0.361 e. The molecule has 1 aliphatic rings. The number of carbonyl (C=O) groups excluding carboxylic acids is 1. The lowest BCUT2D eigenvalue weighted by molar-refractivity contribution is -0.122. The van der Waals surface area contributed by atoms with Gasteiger partial charge in [-0.1, -0.05) is 17.2 Å². The molecule has 1 saturated heterocycles. The molecule has 2 aromatic rings. The number of aromatic nitrogens is 3. The first-order chi connectivity index (χ1) is 11.6. The predicted octanol–water partition coefficient (Wildman–Crippen LogP) is 1.69. The third-order valence-electron chi connectivity index (χ3n) is 4.44. The van der Waals surface area contributed by atoms with Crippen LogP contribution in [0.3, 0.4) is 0 Å². The summed E-state index contributed by atoms with van der Waals surface area (Å²) in [4.78, 5) is 18.8. The second kappa shape index (κ2) is 7.12. The van der Waals surface area contributed by atoms with Crippen molar-refractivity contribution in [1.82, 2.24) is 25.5 Å². The topological polar surface area (TPSA) is 97.3 Å². The van der Waals surface area contributed by atoms with E-state index in [-0.39, 0.29) is 11.9 Å². The highest BCUT2D eigenvalue weighted by Crippen LogP contribution is 2.29. The molecular formula is C16H23N5O3. The molecule has 3 rings (SSSR count). The fourth-order valence-corrected chi connectivity index (χ4v) is 3.04. The summed E-state index contributed by atoms with van der Waals surface area (Å²) in [5.74, 6) is 2.04. The Hall–Kier alpha value is -2.22. The van der Waals surface area contributed by atoms with Gasteiger partial charge in [0.15, 0.2) is 5.82 Å². The SMILES string of the molecule is CCc1nc(C2CCCN2CC(=O)NCc2c(C)noc2C)no1. The van der Waals surface area contributed by atoms with Crippen LogP contribution >= 0.6 is 0 Å². The average molecular weight is 333 g/mol. The highest BCUT2D eigenvalue weighted by atomic mass is 16.5. The first-order valence-electron chi connectivity index (χ1n) is 8.33. The van der Waals surface area contributed by atoms with Crippen LogP contribution in [0, 0.1) is 13.8 Å². The summed E-state index contributed by atoms with van der Waals surface area (Å²) < 4.78 is 10.3. The largest absolute Gasteiger partial charge is 0.361 e. The summed E-state index contributed by atoms with van der Waals surface area (Å²) in [6, 6.07) is 0.0545. The molecule has 0 bridgehead atoms. The molecule has 0 saturated carbocycles. The first kappa shape index (κ1) is 16.6. The molecule has 1 fully saturated rings. The summed E-state index contributed by atoms with van der Waals surface area (Å²) in [5.41, 5.74) is 1.75. The molecule has 24 heavy (non-hydrogen) atoms. The molecular weight excluding hydrogens is 310 g/mol. The Morgan fingerprint density at radius 3 is 2.83 bits per heavy atom. The molecule has 0 aromatic carbocycles. The second-order valence-corrected chi connectivity index (χ2v) is 6.11. The number of nitrogens with one attached hydrogen (secondary N) is 1. The van der Waals surface area contributed by atoms with Crippen molar-refractivity contribution in [3.63, 3.8) is 0 Å². The van der Waals surface area contributed by atoms with Crippen LogP contribution in [-0.4, -0.2) is 39.2 Å². The van der Waals surface area contributed by atoms with Crippen molar-refractivity contribution >= 4 is 5.91 Å². The molecule has 0 radical (unpaired) electrons. The molecule has 1 amide bonds. The Labute approximate surface area is 140 Å². The van der Waals surface area contributed by atoms with Crippen molar-refractivity contribution in [2.45, 2.75) is 52.6 Å². The number of carbonyl (C=O) groups is 1. The van der Waals surface area contributed by atoms with E-state index in [1.165, 1.54) is 0 Å². The molecule has 1 atom stereocenters.